The number of hydrogen-bond acceptors (Lipinski definition) is 7. The zero-order valence-electron chi connectivity index (χ0n) is 12.0. The number of nitrogens with zero attached hydrogens (tertiary/aromatic N) is 2. The summed E-state index contributed by atoms with van der Waals surface area (Å²) in [4.78, 5) is 49.5. The van der Waals surface area contributed by atoms with Crippen LogP contribution in [-0.2, 0) is 4.79 Å². The highest BCUT2D eigenvalue weighted by atomic mass is 16.3. The van der Waals surface area contributed by atoms with Crippen LogP contribution in [0.3, 0.4) is 0 Å². The van der Waals surface area contributed by atoms with E-state index in [1.165, 1.54) is 0 Å². The molecule has 1 aromatic rings. The van der Waals surface area contributed by atoms with Crippen molar-refractivity contribution in [2.45, 2.75) is 31.3 Å². The van der Waals surface area contributed by atoms with Crippen LogP contribution in [0.1, 0.15) is 23.6 Å². The molecule has 6 N–H and O–H groups in total. The first-order valence-corrected chi connectivity index (χ1v) is 6.62. The molecule has 2 rings (SSSR count). The standard InChI is InChI=1S/C12H16N4O7/c1-4(18)15-6(3-17)8(20)9(21)11(15)16-5(10(13)22)2-7(19)14-12(16)23/h2,6,8-9,11,17,20-21H,3H2,1H3,(H2,13,22)(H,14,19,23)/t6-,8-,9-,11+/m1/s1. The van der Waals surface area contributed by atoms with Gasteiger partial charge in [-0.1, -0.05) is 0 Å². The summed E-state index contributed by atoms with van der Waals surface area (Å²) in [6.45, 7) is 0.416. The molecule has 1 saturated heterocycles. The van der Waals surface area contributed by atoms with Gasteiger partial charge in [0.2, 0.25) is 5.91 Å². The number of carbonyl (C=O) groups excluding carboxylic acids is 2. The van der Waals surface area contributed by atoms with Gasteiger partial charge in [-0.2, -0.15) is 0 Å². The Morgan fingerprint density at radius 2 is 1.91 bits per heavy atom. The number of aromatic amines is 1. The molecule has 1 aromatic heterocycles. The molecule has 1 aliphatic rings. The number of aromatic nitrogens is 2. The second kappa shape index (κ2) is 5.95. The number of rotatable bonds is 3. The summed E-state index contributed by atoms with van der Waals surface area (Å²) < 4.78 is 0.620. The number of primary amides is 1. The summed E-state index contributed by atoms with van der Waals surface area (Å²) in [6, 6.07) is -0.444. The first kappa shape index (κ1) is 16.9. The zero-order valence-corrected chi connectivity index (χ0v) is 12.0. The van der Waals surface area contributed by atoms with Gasteiger partial charge in [0.25, 0.3) is 11.5 Å². The molecular formula is C12H16N4O7. The van der Waals surface area contributed by atoms with E-state index >= 15 is 0 Å². The molecular weight excluding hydrogens is 312 g/mol. The summed E-state index contributed by atoms with van der Waals surface area (Å²) in [6.07, 6.45) is -4.75. The monoisotopic (exact) mass is 328 g/mol. The van der Waals surface area contributed by atoms with Gasteiger partial charge in [-0.3, -0.25) is 23.9 Å². The Morgan fingerprint density at radius 3 is 2.39 bits per heavy atom. The van der Waals surface area contributed by atoms with Crippen LogP contribution >= 0.6 is 0 Å². The van der Waals surface area contributed by atoms with E-state index in [-0.39, 0.29) is 0 Å². The van der Waals surface area contributed by atoms with Crippen molar-refractivity contribution in [2.75, 3.05) is 6.61 Å². The molecule has 1 fully saturated rings. The fourth-order valence-corrected chi connectivity index (χ4v) is 2.78. The van der Waals surface area contributed by atoms with Crippen LogP contribution in [0.4, 0.5) is 0 Å². The SMILES string of the molecule is CC(=O)N1[C@H](CO)[C@@H](O)[C@@H](O)[C@@H]1n1c(C(N)=O)cc(=O)[nH]c1=O. The van der Waals surface area contributed by atoms with E-state index in [2.05, 4.69) is 0 Å². The second-order valence-electron chi connectivity index (χ2n) is 5.13. The van der Waals surface area contributed by atoms with Crippen LogP contribution in [-0.4, -0.2) is 66.4 Å². The van der Waals surface area contributed by atoms with E-state index < -0.39 is 59.8 Å². The molecule has 2 heterocycles. The molecule has 11 nitrogen and oxygen atoms in total. The van der Waals surface area contributed by atoms with E-state index in [9.17, 15) is 34.5 Å². The molecule has 0 aromatic carbocycles. The Morgan fingerprint density at radius 1 is 1.30 bits per heavy atom. The largest absolute Gasteiger partial charge is 0.394 e. The molecule has 0 unspecified atom stereocenters. The summed E-state index contributed by atoms with van der Waals surface area (Å²) in [5, 5.41) is 29.5. The summed E-state index contributed by atoms with van der Waals surface area (Å²) in [7, 11) is 0. The first-order chi connectivity index (χ1) is 10.7. The van der Waals surface area contributed by atoms with E-state index in [1.807, 2.05) is 4.98 Å². The zero-order chi connectivity index (χ0) is 17.5. The van der Waals surface area contributed by atoms with E-state index in [0.717, 1.165) is 17.9 Å². The Hall–Kier alpha value is -2.50. The minimum atomic E-state index is -1.68. The molecule has 1 aliphatic heterocycles. The maximum absolute atomic E-state index is 12.1. The molecule has 2 amide bonds. The Labute approximate surface area is 128 Å². The van der Waals surface area contributed by atoms with Gasteiger partial charge in [0.1, 0.15) is 24.1 Å². The number of likely N-dealkylation sites (tertiary alicyclic amines) is 1. The third kappa shape index (κ3) is 2.65. The number of H-pyrrole nitrogens is 1. The minimum absolute atomic E-state index is 0.542. The van der Waals surface area contributed by atoms with Gasteiger partial charge < -0.3 is 26.0 Å². The molecule has 0 saturated carbocycles. The topological polar surface area (TPSA) is 179 Å². The quantitative estimate of drug-likeness (QED) is 0.376. The average Bonchev–Trinajstić information content (AvgIpc) is 2.70. The van der Waals surface area contributed by atoms with Crippen LogP contribution in [0, 0.1) is 0 Å². The van der Waals surface area contributed by atoms with E-state index in [1.54, 1.807) is 0 Å². The summed E-state index contributed by atoms with van der Waals surface area (Å²) >= 11 is 0. The van der Waals surface area contributed by atoms with Gasteiger partial charge in [-0.05, 0) is 0 Å². The highest BCUT2D eigenvalue weighted by molar-refractivity contribution is 5.91. The number of aliphatic hydroxyl groups is 3. The lowest BCUT2D eigenvalue weighted by atomic mass is 10.1. The lowest BCUT2D eigenvalue weighted by molar-refractivity contribution is -0.136. The van der Waals surface area contributed by atoms with Gasteiger partial charge in [-0.25, -0.2) is 4.79 Å². The Kier molecular flexibility index (Phi) is 4.36. The fourth-order valence-electron chi connectivity index (χ4n) is 2.78. The molecule has 23 heavy (non-hydrogen) atoms. The smallest absolute Gasteiger partial charge is 0.330 e. The van der Waals surface area contributed by atoms with Crippen molar-refractivity contribution >= 4 is 11.8 Å². The molecule has 0 radical (unpaired) electrons. The maximum Gasteiger partial charge on any atom is 0.330 e. The number of aliphatic hydroxyl groups excluding tert-OH is 3. The van der Waals surface area contributed by atoms with Crippen molar-refractivity contribution in [1.82, 2.24) is 14.5 Å². The van der Waals surface area contributed by atoms with Crippen LogP contribution < -0.4 is 17.0 Å². The van der Waals surface area contributed by atoms with Crippen molar-refractivity contribution < 1.29 is 24.9 Å². The normalized spacial score (nSPS) is 27.2. The molecule has 0 spiro atoms. The number of nitrogens with one attached hydrogen (secondary N) is 1. The predicted octanol–water partition coefficient (Wildman–Crippen LogP) is -3.92. The predicted molar refractivity (Wildman–Crippen MR) is 74.3 cm³/mol. The maximum atomic E-state index is 12.1. The molecule has 0 bridgehead atoms. The molecule has 0 aliphatic carbocycles. The average molecular weight is 328 g/mol. The highest BCUT2D eigenvalue weighted by Gasteiger charge is 2.50. The van der Waals surface area contributed by atoms with Gasteiger partial charge in [-0.15, -0.1) is 0 Å². The highest BCUT2D eigenvalue weighted by Crippen LogP contribution is 2.32. The van der Waals surface area contributed by atoms with E-state index in [4.69, 9.17) is 5.73 Å². The van der Waals surface area contributed by atoms with Gasteiger partial charge in [0, 0.05) is 13.0 Å². The lowest BCUT2D eigenvalue weighted by Crippen LogP contribution is -2.48. The molecule has 4 atom stereocenters. The molecule has 126 valence electrons. The third-order valence-electron chi connectivity index (χ3n) is 3.74. The number of nitrogens with two attached hydrogens (primary N) is 1. The van der Waals surface area contributed by atoms with Crippen LogP contribution in [0.5, 0.6) is 0 Å². The van der Waals surface area contributed by atoms with Crippen molar-refractivity contribution in [3.8, 4) is 0 Å². The second-order valence-corrected chi connectivity index (χ2v) is 5.13. The Balaban J connectivity index is 2.73. The van der Waals surface area contributed by atoms with Crippen LogP contribution in [0.25, 0.3) is 0 Å². The fraction of sp³-hybridized carbons (Fsp3) is 0.500. The van der Waals surface area contributed by atoms with Crippen molar-refractivity contribution in [3.05, 3.63) is 32.6 Å². The number of hydrogen-bond donors (Lipinski definition) is 5. The van der Waals surface area contributed by atoms with E-state index in [0.29, 0.717) is 4.57 Å². The minimum Gasteiger partial charge on any atom is -0.394 e. The molecule has 11 heteroatoms. The Bertz CT molecular complexity index is 755. The van der Waals surface area contributed by atoms with Crippen molar-refractivity contribution in [1.29, 1.82) is 0 Å². The third-order valence-corrected chi connectivity index (χ3v) is 3.74. The lowest BCUT2D eigenvalue weighted by Gasteiger charge is -2.30. The summed E-state index contributed by atoms with van der Waals surface area (Å²) in [5.41, 5.74) is 2.62. The van der Waals surface area contributed by atoms with Gasteiger partial charge in [0.15, 0.2) is 0 Å². The number of amides is 2. The van der Waals surface area contributed by atoms with Crippen LogP contribution in [0.2, 0.25) is 0 Å². The van der Waals surface area contributed by atoms with Crippen molar-refractivity contribution in [3.63, 3.8) is 0 Å². The van der Waals surface area contributed by atoms with Gasteiger partial charge >= 0.3 is 5.69 Å². The number of carbonyl (C=O) groups is 2. The summed E-state index contributed by atoms with van der Waals surface area (Å²) in [5.74, 6) is -1.80. The van der Waals surface area contributed by atoms with Crippen LogP contribution in [0.15, 0.2) is 15.7 Å². The van der Waals surface area contributed by atoms with Gasteiger partial charge in [0.05, 0.1) is 12.6 Å². The van der Waals surface area contributed by atoms with Crippen molar-refractivity contribution in [2.24, 2.45) is 5.73 Å². The first-order valence-electron chi connectivity index (χ1n) is 6.62.